The molecule has 2 atom stereocenters. The van der Waals surface area contributed by atoms with E-state index in [0.717, 1.165) is 51.4 Å². The second kappa shape index (κ2) is 43.0. The number of esters is 2. The maximum absolute atomic E-state index is 12.8. The van der Waals surface area contributed by atoms with Crippen molar-refractivity contribution >= 4 is 17.9 Å². The van der Waals surface area contributed by atoms with E-state index >= 15 is 0 Å². The van der Waals surface area contributed by atoms with Gasteiger partial charge in [0.2, 0.25) is 0 Å². The number of allylic oxidation sites excluding steroid dienone is 8. The molecule has 0 spiro atoms. The molecule has 8 heteroatoms. The number of carbonyl (C=O) groups excluding carboxylic acids is 2. The number of quaternary nitrogens is 1. The summed E-state index contributed by atoms with van der Waals surface area (Å²) in [6.45, 7) is 4.58. The van der Waals surface area contributed by atoms with E-state index in [1.165, 1.54) is 128 Å². The molecule has 0 aliphatic rings. The lowest BCUT2D eigenvalue weighted by Gasteiger charge is -2.31. The average molecular weight is 845 g/mol. The highest BCUT2D eigenvalue weighted by atomic mass is 16.6. The summed E-state index contributed by atoms with van der Waals surface area (Å²) in [5, 5.41) is 9.63. The predicted octanol–water partition coefficient (Wildman–Crippen LogP) is 14.0. The van der Waals surface area contributed by atoms with Crippen LogP contribution in [-0.4, -0.2) is 80.6 Å². The Morgan fingerprint density at radius 2 is 0.933 bits per heavy atom. The lowest BCUT2D eigenvalue weighted by molar-refractivity contribution is -0.887. The van der Waals surface area contributed by atoms with Crippen molar-refractivity contribution in [2.75, 3.05) is 41.0 Å². The van der Waals surface area contributed by atoms with Crippen LogP contribution < -0.4 is 0 Å². The van der Waals surface area contributed by atoms with Gasteiger partial charge in [0.25, 0.3) is 0 Å². The summed E-state index contributed by atoms with van der Waals surface area (Å²) in [5.41, 5.74) is 0. The number of carboxylic acids is 1. The summed E-state index contributed by atoms with van der Waals surface area (Å²) >= 11 is 0. The van der Waals surface area contributed by atoms with Crippen molar-refractivity contribution in [3.8, 4) is 0 Å². The molecule has 0 radical (unpaired) electrons. The molecule has 60 heavy (non-hydrogen) atoms. The summed E-state index contributed by atoms with van der Waals surface area (Å²) in [4.78, 5) is 37.0. The molecule has 2 unspecified atom stereocenters. The fourth-order valence-electron chi connectivity index (χ4n) is 7.28. The van der Waals surface area contributed by atoms with Gasteiger partial charge in [-0.15, -0.1) is 0 Å². The van der Waals surface area contributed by atoms with Crippen LogP contribution in [-0.2, 0) is 28.6 Å². The molecular weight excluding hydrogens is 751 g/mol. The fourth-order valence-corrected chi connectivity index (χ4v) is 7.28. The predicted molar refractivity (Wildman–Crippen MR) is 252 cm³/mol. The summed E-state index contributed by atoms with van der Waals surface area (Å²) < 4.78 is 17.3. The van der Waals surface area contributed by atoms with E-state index in [9.17, 15) is 19.5 Å². The smallest absolute Gasteiger partial charge is 0.362 e. The van der Waals surface area contributed by atoms with Crippen molar-refractivity contribution in [2.45, 2.75) is 225 Å². The second-order valence-electron chi connectivity index (χ2n) is 17.8. The number of carboxylic acid groups (broad SMARTS) is 1. The minimum absolute atomic E-state index is 0.0495. The minimum atomic E-state index is -0.880. The molecule has 0 heterocycles. The van der Waals surface area contributed by atoms with Gasteiger partial charge >= 0.3 is 17.9 Å². The summed E-state index contributed by atoms with van der Waals surface area (Å²) in [5.74, 6) is -1.51. The molecule has 0 aliphatic heterocycles. The molecule has 0 saturated heterocycles. The van der Waals surface area contributed by atoms with Crippen molar-refractivity contribution in [3.05, 3.63) is 48.6 Å². The van der Waals surface area contributed by atoms with Crippen LogP contribution in [0.2, 0.25) is 0 Å². The Hall–Kier alpha value is -2.71. The highest BCUT2D eigenvalue weighted by molar-refractivity contribution is 5.72. The van der Waals surface area contributed by atoms with Crippen LogP contribution in [0.3, 0.4) is 0 Å². The Kier molecular flexibility index (Phi) is 41.0. The van der Waals surface area contributed by atoms with Crippen LogP contribution in [0.5, 0.6) is 0 Å². The molecule has 0 amide bonds. The van der Waals surface area contributed by atoms with Crippen molar-refractivity contribution in [2.24, 2.45) is 0 Å². The van der Waals surface area contributed by atoms with E-state index in [1.807, 2.05) is 57.6 Å². The Morgan fingerprint density at radius 1 is 0.517 bits per heavy atom. The molecular formula is C52H94NO7+. The number of rotatable bonds is 44. The van der Waals surface area contributed by atoms with E-state index in [2.05, 4.69) is 26.0 Å². The molecule has 0 fully saturated rings. The van der Waals surface area contributed by atoms with Gasteiger partial charge in [0, 0.05) is 19.3 Å². The first-order chi connectivity index (χ1) is 29.1. The Morgan fingerprint density at radius 3 is 1.38 bits per heavy atom. The van der Waals surface area contributed by atoms with Crippen molar-refractivity contribution in [1.82, 2.24) is 0 Å². The number of hydrogen-bond acceptors (Lipinski definition) is 6. The molecule has 8 nitrogen and oxygen atoms in total. The van der Waals surface area contributed by atoms with E-state index in [1.54, 1.807) is 0 Å². The largest absolute Gasteiger partial charge is 0.477 e. The van der Waals surface area contributed by atoms with E-state index in [0.29, 0.717) is 19.3 Å². The van der Waals surface area contributed by atoms with Crippen molar-refractivity contribution < 1.29 is 38.2 Å². The van der Waals surface area contributed by atoms with Crippen LogP contribution in [0.25, 0.3) is 0 Å². The van der Waals surface area contributed by atoms with Crippen LogP contribution in [0.1, 0.15) is 213 Å². The first kappa shape index (κ1) is 57.3. The summed E-state index contributed by atoms with van der Waals surface area (Å²) in [6, 6.07) is -0.621. The van der Waals surface area contributed by atoms with E-state index in [-0.39, 0.29) is 36.2 Å². The van der Waals surface area contributed by atoms with Gasteiger partial charge < -0.3 is 23.8 Å². The van der Waals surface area contributed by atoms with Gasteiger partial charge in [0.1, 0.15) is 6.61 Å². The minimum Gasteiger partial charge on any atom is -0.477 e. The number of unbranched alkanes of at least 4 members (excludes halogenated alkanes) is 25. The van der Waals surface area contributed by atoms with Gasteiger partial charge in [0.05, 0.1) is 34.4 Å². The van der Waals surface area contributed by atoms with Crippen LogP contribution >= 0.6 is 0 Å². The third-order valence-electron chi connectivity index (χ3n) is 11.1. The van der Waals surface area contributed by atoms with Gasteiger partial charge in [-0.2, -0.15) is 0 Å². The molecule has 0 aromatic heterocycles. The molecule has 0 rings (SSSR count). The molecule has 1 N–H and O–H groups in total. The number of ether oxygens (including phenoxy) is 3. The maximum atomic E-state index is 12.8. The Labute approximate surface area is 369 Å². The monoisotopic (exact) mass is 845 g/mol. The molecule has 0 aromatic rings. The van der Waals surface area contributed by atoms with Gasteiger partial charge in [-0.25, -0.2) is 4.79 Å². The second-order valence-corrected chi connectivity index (χ2v) is 17.8. The van der Waals surface area contributed by atoms with Crippen molar-refractivity contribution in [3.63, 3.8) is 0 Å². The third-order valence-corrected chi connectivity index (χ3v) is 11.1. The van der Waals surface area contributed by atoms with Crippen LogP contribution in [0, 0.1) is 0 Å². The molecule has 348 valence electrons. The number of carbonyl (C=O) groups is 3. The highest BCUT2D eigenvalue weighted by Crippen LogP contribution is 2.16. The summed E-state index contributed by atoms with van der Waals surface area (Å²) in [6.07, 6.45) is 51.7. The number of hydrogen-bond donors (Lipinski definition) is 1. The Balaban J connectivity index is 4.21. The first-order valence-corrected chi connectivity index (χ1v) is 24.7. The fraction of sp³-hybridized carbons (Fsp3) is 0.788. The lowest BCUT2D eigenvalue weighted by atomic mass is 10.0. The molecule has 0 saturated carbocycles. The van der Waals surface area contributed by atoms with Crippen LogP contribution in [0.15, 0.2) is 48.6 Å². The van der Waals surface area contributed by atoms with Crippen LogP contribution in [0.4, 0.5) is 0 Å². The highest BCUT2D eigenvalue weighted by Gasteiger charge is 2.31. The third kappa shape index (κ3) is 40.7. The van der Waals surface area contributed by atoms with Gasteiger partial charge in [-0.05, 0) is 32.1 Å². The average Bonchev–Trinajstić information content (AvgIpc) is 3.21. The van der Waals surface area contributed by atoms with E-state index in [4.69, 9.17) is 14.2 Å². The van der Waals surface area contributed by atoms with Gasteiger partial charge in [-0.3, -0.25) is 9.59 Å². The quantitative estimate of drug-likeness (QED) is 0.0282. The molecule has 0 aliphatic carbocycles. The zero-order chi connectivity index (χ0) is 44.2. The first-order valence-electron chi connectivity index (χ1n) is 24.7. The summed E-state index contributed by atoms with van der Waals surface area (Å²) in [7, 11) is 5.52. The Bertz CT molecular complexity index is 1120. The standard InChI is InChI=1S/C52H93NO7/c1-6-8-10-12-14-16-18-20-21-22-23-24-25-26-27-28-29-31-33-35-37-39-41-43-51(55)60-48(46-58-45-44-49(52(56)57)53(3,4)5)47-59-50(54)42-40-38-36-34-32-30-19-17-15-13-11-9-7-2/h9,11,13,15,17,19,30,32,48-49H,6-8,10,12,14,16,18,20-29,31,33-47H2,1-5H3/p+1/b11-9+,15-13+,19-17+,32-30+. The van der Waals surface area contributed by atoms with Gasteiger partial charge in [0.15, 0.2) is 12.1 Å². The SMILES string of the molecule is CC/C=C/C=C/C=C/C=C/CCCCCC(=O)OCC(COCCC(C(=O)O)[N+](C)(C)C)OC(=O)CCCCCCCCCCCCCCCCCCCCCCCCC. The molecule has 0 aromatic carbocycles. The normalized spacial score (nSPS) is 13.3. The zero-order valence-corrected chi connectivity index (χ0v) is 39.7. The number of likely N-dealkylation sites (N-methyl/N-ethyl adjacent to an activating group) is 1. The molecule has 0 bridgehead atoms. The maximum Gasteiger partial charge on any atom is 0.362 e. The van der Waals surface area contributed by atoms with E-state index < -0.39 is 18.1 Å². The van der Waals surface area contributed by atoms with Crippen molar-refractivity contribution in [1.29, 1.82) is 0 Å². The van der Waals surface area contributed by atoms with Gasteiger partial charge in [-0.1, -0.05) is 210 Å². The topological polar surface area (TPSA) is 99.1 Å². The number of nitrogens with zero attached hydrogens (tertiary/aromatic N) is 1. The zero-order valence-electron chi connectivity index (χ0n) is 39.7. The lowest BCUT2D eigenvalue weighted by Crippen LogP contribution is -2.50. The number of aliphatic carboxylic acids is 1.